The lowest BCUT2D eigenvalue weighted by atomic mass is 10.3. The van der Waals surface area contributed by atoms with E-state index in [1.807, 2.05) is 30.3 Å². The van der Waals surface area contributed by atoms with Crippen LogP contribution in [-0.2, 0) is 6.54 Å². The van der Waals surface area contributed by atoms with Gasteiger partial charge >= 0.3 is 6.03 Å². The number of carbonyl (C=O) groups excluding carboxylic acids is 1. The van der Waals surface area contributed by atoms with Gasteiger partial charge in [-0.3, -0.25) is 0 Å². The van der Waals surface area contributed by atoms with E-state index in [1.54, 1.807) is 18.4 Å². The van der Waals surface area contributed by atoms with Crippen LogP contribution in [0.2, 0.25) is 0 Å². The highest BCUT2D eigenvalue weighted by Crippen LogP contribution is 2.06. The summed E-state index contributed by atoms with van der Waals surface area (Å²) in [4.78, 5) is 11.4. The molecule has 0 bridgehead atoms. The number of para-hydroxylation sites is 1. The van der Waals surface area contributed by atoms with E-state index in [0.717, 1.165) is 0 Å². The van der Waals surface area contributed by atoms with Crippen molar-refractivity contribution in [2.24, 2.45) is 0 Å². The van der Waals surface area contributed by atoms with Gasteiger partial charge in [0.05, 0.1) is 12.8 Å². The topological polar surface area (TPSA) is 63.5 Å². The molecule has 2 aromatic rings. The Labute approximate surface area is 105 Å². The highest BCUT2D eigenvalue weighted by Gasteiger charge is 2.01. The number of amides is 2. The minimum atomic E-state index is -0.303. The van der Waals surface area contributed by atoms with Crippen LogP contribution in [0.15, 0.2) is 53.1 Å². The summed E-state index contributed by atoms with van der Waals surface area (Å²) < 4.78 is 10.4. The maximum Gasteiger partial charge on any atom is 0.317 e. The van der Waals surface area contributed by atoms with Gasteiger partial charge in [0.2, 0.25) is 0 Å². The van der Waals surface area contributed by atoms with Crippen molar-refractivity contribution in [2.45, 2.75) is 6.54 Å². The van der Waals surface area contributed by atoms with Gasteiger partial charge in [0.15, 0.2) is 6.73 Å². The number of ether oxygens (including phenoxy) is 1. The number of hydrogen-bond acceptors (Lipinski definition) is 3. The summed E-state index contributed by atoms with van der Waals surface area (Å²) in [6.45, 7) is 0.470. The Bertz CT molecular complexity index is 468. The molecule has 0 unspecified atom stereocenters. The first-order valence-corrected chi connectivity index (χ1v) is 5.56. The number of urea groups is 1. The van der Waals surface area contributed by atoms with E-state index in [-0.39, 0.29) is 12.8 Å². The van der Waals surface area contributed by atoms with Crippen molar-refractivity contribution in [3.05, 3.63) is 54.5 Å². The molecular formula is C13H14N2O3. The molecule has 0 atom stereocenters. The van der Waals surface area contributed by atoms with Gasteiger partial charge in [-0.1, -0.05) is 18.2 Å². The van der Waals surface area contributed by atoms with Crippen molar-refractivity contribution in [1.29, 1.82) is 0 Å². The predicted molar refractivity (Wildman–Crippen MR) is 66.0 cm³/mol. The van der Waals surface area contributed by atoms with E-state index in [9.17, 15) is 4.79 Å². The molecule has 94 valence electrons. The second kappa shape index (κ2) is 6.34. The molecule has 18 heavy (non-hydrogen) atoms. The van der Waals surface area contributed by atoms with E-state index >= 15 is 0 Å². The number of nitrogens with one attached hydrogen (secondary N) is 2. The third-order valence-electron chi connectivity index (χ3n) is 2.22. The molecule has 0 aliphatic carbocycles. The first-order valence-electron chi connectivity index (χ1n) is 5.56. The molecule has 0 aliphatic rings. The lowest BCUT2D eigenvalue weighted by molar-refractivity contribution is 0.223. The summed E-state index contributed by atoms with van der Waals surface area (Å²) in [7, 11) is 0. The maximum absolute atomic E-state index is 11.4. The fourth-order valence-corrected chi connectivity index (χ4v) is 1.34. The van der Waals surface area contributed by atoms with Gasteiger partial charge in [-0.15, -0.1) is 0 Å². The summed E-state index contributed by atoms with van der Waals surface area (Å²) in [5.41, 5.74) is 0. The van der Waals surface area contributed by atoms with Crippen molar-refractivity contribution in [3.8, 4) is 5.75 Å². The van der Waals surface area contributed by atoms with Gasteiger partial charge in [-0.25, -0.2) is 4.79 Å². The van der Waals surface area contributed by atoms with Crippen LogP contribution in [0.5, 0.6) is 5.75 Å². The third-order valence-corrected chi connectivity index (χ3v) is 2.22. The molecule has 1 heterocycles. The minimum absolute atomic E-state index is 0.119. The Morgan fingerprint density at radius 3 is 2.67 bits per heavy atom. The van der Waals surface area contributed by atoms with Crippen molar-refractivity contribution in [1.82, 2.24) is 10.6 Å². The van der Waals surface area contributed by atoms with Gasteiger partial charge in [0.1, 0.15) is 11.5 Å². The van der Waals surface area contributed by atoms with Gasteiger partial charge in [-0.05, 0) is 24.3 Å². The van der Waals surface area contributed by atoms with E-state index in [4.69, 9.17) is 9.15 Å². The Morgan fingerprint density at radius 1 is 1.11 bits per heavy atom. The SMILES string of the molecule is O=C(NCOc1ccccc1)NCc1ccco1. The van der Waals surface area contributed by atoms with E-state index < -0.39 is 0 Å². The Hall–Kier alpha value is -2.43. The summed E-state index contributed by atoms with van der Waals surface area (Å²) >= 11 is 0. The quantitative estimate of drug-likeness (QED) is 0.794. The first kappa shape index (κ1) is 12.0. The first-order chi connectivity index (χ1) is 8.84. The van der Waals surface area contributed by atoms with Crippen LogP contribution in [0.3, 0.4) is 0 Å². The molecule has 1 aromatic heterocycles. The number of benzene rings is 1. The zero-order valence-corrected chi connectivity index (χ0v) is 9.76. The van der Waals surface area contributed by atoms with Crippen molar-refractivity contribution < 1.29 is 13.9 Å². The Balaban J connectivity index is 1.63. The molecule has 5 heteroatoms. The molecule has 0 fully saturated rings. The lowest BCUT2D eigenvalue weighted by Gasteiger charge is -2.08. The average Bonchev–Trinajstić information content (AvgIpc) is 2.91. The molecule has 5 nitrogen and oxygen atoms in total. The van der Waals surface area contributed by atoms with Crippen molar-refractivity contribution >= 4 is 6.03 Å². The zero-order valence-electron chi connectivity index (χ0n) is 9.76. The number of furan rings is 1. The van der Waals surface area contributed by atoms with E-state index in [0.29, 0.717) is 18.1 Å². The van der Waals surface area contributed by atoms with Crippen LogP contribution in [0.4, 0.5) is 4.79 Å². The fourth-order valence-electron chi connectivity index (χ4n) is 1.34. The standard InChI is InChI=1S/C13H14N2O3/c16-13(14-9-12-7-4-8-17-12)15-10-18-11-5-2-1-3-6-11/h1-8H,9-10H2,(H2,14,15,16). The van der Waals surface area contributed by atoms with Gasteiger partial charge < -0.3 is 19.8 Å². The van der Waals surface area contributed by atoms with E-state index in [1.165, 1.54) is 0 Å². The molecule has 2 rings (SSSR count). The largest absolute Gasteiger partial charge is 0.473 e. The highest BCUT2D eigenvalue weighted by molar-refractivity contribution is 5.73. The van der Waals surface area contributed by atoms with Crippen LogP contribution < -0.4 is 15.4 Å². The number of rotatable bonds is 5. The molecule has 0 aliphatic heterocycles. The second-order valence-electron chi connectivity index (χ2n) is 3.54. The van der Waals surface area contributed by atoms with Crippen LogP contribution >= 0.6 is 0 Å². The molecule has 0 radical (unpaired) electrons. The maximum atomic E-state index is 11.4. The minimum Gasteiger partial charge on any atom is -0.473 e. The summed E-state index contributed by atoms with van der Waals surface area (Å²) in [5.74, 6) is 1.41. The van der Waals surface area contributed by atoms with Gasteiger partial charge in [0, 0.05) is 0 Å². The third kappa shape index (κ3) is 3.86. The monoisotopic (exact) mass is 246 g/mol. The molecular weight excluding hydrogens is 232 g/mol. The van der Waals surface area contributed by atoms with E-state index in [2.05, 4.69) is 10.6 Å². The van der Waals surface area contributed by atoms with Crippen LogP contribution in [0.25, 0.3) is 0 Å². The van der Waals surface area contributed by atoms with Crippen LogP contribution in [-0.4, -0.2) is 12.8 Å². The molecule has 2 N–H and O–H groups in total. The molecule has 0 saturated carbocycles. The molecule has 0 saturated heterocycles. The fraction of sp³-hybridized carbons (Fsp3) is 0.154. The summed E-state index contributed by atoms with van der Waals surface area (Å²) in [5, 5.41) is 5.23. The Morgan fingerprint density at radius 2 is 1.94 bits per heavy atom. The zero-order chi connectivity index (χ0) is 12.6. The Kier molecular flexibility index (Phi) is 4.24. The summed E-state index contributed by atoms with van der Waals surface area (Å²) in [6.07, 6.45) is 1.56. The lowest BCUT2D eigenvalue weighted by Crippen LogP contribution is -2.37. The van der Waals surface area contributed by atoms with Crippen molar-refractivity contribution in [2.75, 3.05) is 6.73 Å². The highest BCUT2D eigenvalue weighted by atomic mass is 16.5. The van der Waals surface area contributed by atoms with Crippen LogP contribution in [0.1, 0.15) is 5.76 Å². The predicted octanol–water partition coefficient (Wildman–Crippen LogP) is 2.12. The summed E-state index contributed by atoms with van der Waals surface area (Å²) in [6, 6.07) is 12.5. The molecule has 0 spiro atoms. The van der Waals surface area contributed by atoms with Gasteiger partial charge in [-0.2, -0.15) is 0 Å². The van der Waals surface area contributed by atoms with Crippen molar-refractivity contribution in [3.63, 3.8) is 0 Å². The van der Waals surface area contributed by atoms with Crippen LogP contribution in [0, 0.1) is 0 Å². The smallest absolute Gasteiger partial charge is 0.317 e. The van der Waals surface area contributed by atoms with Gasteiger partial charge in [0.25, 0.3) is 0 Å². The molecule has 1 aromatic carbocycles. The normalized spacial score (nSPS) is 9.78. The number of carbonyl (C=O) groups is 1. The second-order valence-corrected chi connectivity index (χ2v) is 3.54. The average molecular weight is 246 g/mol. The molecule has 2 amide bonds. The number of hydrogen-bond donors (Lipinski definition) is 2.